The van der Waals surface area contributed by atoms with Crippen molar-refractivity contribution in [3.8, 4) is 0 Å². The Morgan fingerprint density at radius 2 is 1.67 bits per heavy atom. The number of likely N-dealkylation sites (N-methyl/N-ethyl adjacent to an activating group) is 1. The highest BCUT2D eigenvalue weighted by Crippen LogP contribution is 2.28. The van der Waals surface area contributed by atoms with Gasteiger partial charge in [0, 0.05) is 31.7 Å². The molecule has 144 valence electrons. The van der Waals surface area contributed by atoms with Gasteiger partial charge in [0.2, 0.25) is 5.91 Å². The van der Waals surface area contributed by atoms with Crippen molar-refractivity contribution in [3.63, 3.8) is 0 Å². The van der Waals surface area contributed by atoms with Crippen molar-refractivity contribution < 1.29 is 13.2 Å². The van der Waals surface area contributed by atoms with Gasteiger partial charge in [0.05, 0.1) is 16.3 Å². The van der Waals surface area contributed by atoms with Gasteiger partial charge in [-0.1, -0.05) is 19.1 Å². The number of para-hydroxylation sites is 2. The van der Waals surface area contributed by atoms with E-state index in [1.165, 1.54) is 24.3 Å². The molecular formula is C19H24N4O3S. The van der Waals surface area contributed by atoms with Gasteiger partial charge in [0.25, 0.3) is 10.0 Å². The standard InChI is InChI=1S/C19H24N4O3S/c1-2-22-11-13-23(14-12-22)18-6-4-3-5-17(18)21-27(25,26)16-9-7-15(8-10-16)19(20)24/h3-10,21H,2,11-14H2,1H3,(H2,20,24). The molecule has 3 N–H and O–H groups in total. The Labute approximate surface area is 159 Å². The van der Waals surface area contributed by atoms with Crippen LogP contribution in [0.15, 0.2) is 53.4 Å². The monoisotopic (exact) mass is 388 g/mol. The van der Waals surface area contributed by atoms with E-state index in [0.29, 0.717) is 5.69 Å². The molecule has 2 aromatic carbocycles. The first-order chi connectivity index (χ1) is 12.9. The largest absolute Gasteiger partial charge is 0.367 e. The van der Waals surface area contributed by atoms with Gasteiger partial charge in [0.1, 0.15) is 0 Å². The summed E-state index contributed by atoms with van der Waals surface area (Å²) < 4.78 is 28.2. The third-order valence-corrected chi connectivity index (χ3v) is 6.14. The second kappa shape index (κ2) is 7.98. The third-order valence-electron chi connectivity index (χ3n) is 4.76. The Morgan fingerprint density at radius 3 is 2.26 bits per heavy atom. The second-order valence-electron chi connectivity index (χ2n) is 6.43. The van der Waals surface area contributed by atoms with Crippen LogP contribution < -0.4 is 15.4 Å². The van der Waals surface area contributed by atoms with Gasteiger partial charge in [-0.05, 0) is 42.9 Å². The minimum Gasteiger partial charge on any atom is -0.367 e. The van der Waals surface area contributed by atoms with Gasteiger partial charge >= 0.3 is 0 Å². The van der Waals surface area contributed by atoms with Crippen LogP contribution in [0.3, 0.4) is 0 Å². The lowest BCUT2D eigenvalue weighted by molar-refractivity contribution is 0.1000. The number of hydrogen-bond acceptors (Lipinski definition) is 5. The van der Waals surface area contributed by atoms with Gasteiger partial charge < -0.3 is 15.5 Å². The number of hydrogen-bond donors (Lipinski definition) is 2. The van der Waals surface area contributed by atoms with E-state index in [9.17, 15) is 13.2 Å². The fraction of sp³-hybridized carbons (Fsp3) is 0.316. The number of anilines is 2. The molecule has 0 unspecified atom stereocenters. The molecule has 0 saturated carbocycles. The van der Waals surface area contributed by atoms with Crippen LogP contribution in [0, 0.1) is 0 Å². The molecule has 27 heavy (non-hydrogen) atoms. The summed E-state index contributed by atoms with van der Waals surface area (Å²) in [5, 5.41) is 0. The Bertz CT molecular complexity index is 905. The molecule has 0 bridgehead atoms. The molecular weight excluding hydrogens is 364 g/mol. The van der Waals surface area contributed by atoms with Gasteiger partial charge in [0.15, 0.2) is 0 Å². The van der Waals surface area contributed by atoms with E-state index >= 15 is 0 Å². The molecule has 0 aromatic heterocycles. The van der Waals surface area contributed by atoms with Crippen molar-refractivity contribution in [2.45, 2.75) is 11.8 Å². The molecule has 1 aliphatic rings. The topological polar surface area (TPSA) is 95.7 Å². The van der Waals surface area contributed by atoms with E-state index in [1.807, 2.05) is 12.1 Å². The number of carbonyl (C=O) groups excluding carboxylic acids is 1. The average molecular weight is 388 g/mol. The summed E-state index contributed by atoms with van der Waals surface area (Å²) in [5.41, 5.74) is 6.88. The number of sulfonamides is 1. The summed E-state index contributed by atoms with van der Waals surface area (Å²) in [4.78, 5) is 15.8. The summed E-state index contributed by atoms with van der Waals surface area (Å²) in [6.07, 6.45) is 0. The third kappa shape index (κ3) is 4.40. The molecule has 0 aliphatic carbocycles. The van der Waals surface area contributed by atoms with Crippen molar-refractivity contribution >= 4 is 27.3 Å². The second-order valence-corrected chi connectivity index (χ2v) is 8.11. The average Bonchev–Trinajstić information content (AvgIpc) is 2.68. The van der Waals surface area contributed by atoms with Crippen molar-refractivity contribution in [1.82, 2.24) is 4.90 Å². The summed E-state index contributed by atoms with van der Waals surface area (Å²) in [5.74, 6) is -0.594. The molecule has 1 aliphatic heterocycles. The molecule has 3 rings (SSSR count). The minimum atomic E-state index is -3.77. The smallest absolute Gasteiger partial charge is 0.261 e. The maximum Gasteiger partial charge on any atom is 0.261 e. The maximum absolute atomic E-state index is 12.8. The molecule has 1 saturated heterocycles. The molecule has 7 nitrogen and oxygen atoms in total. The Morgan fingerprint density at radius 1 is 1.04 bits per heavy atom. The van der Waals surface area contributed by atoms with Crippen LogP contribution in [-0.4, -0.2) is 51.9 Å². The Hall–Kier alpha value is -2.58. The van der Waals surface area contributed by atoms with Gasteiger partial charge in [-0.15, -0.1) is 0 Å². The van der Waals surface area contributed by atoms with Gasteiger partial charge in [-0.25, -0.2) is 8.42 Å². The highest BCUT2D eigenvalue weighted by Gasteiger charge is 2.21. The normalized spacial score (nSPS) is 15.5. The zero-order valence-electron chi connectivity index (χ0n) is 15.3. The lowest BCUT2D eigenvalue weighted by atomic mass is 10.2. The molecule has 0 spiro atoms. The van der Waals surface area contributed by atoms with Crippen molar-refractivity contribution in [2.24, 2.45) is 5.73 Å². The Balaban J connectivity index is 1.82. The van der Waals surface area contributed by atoms with E-state index in [-0.39, 0.29) is 10.5 Å². The number of nitrogens with one attached hydrogen (secondary N) is 1. The number of nitrogens with zero attached hydrogens (tertiary/aromatic N) is 2. The predicted molar refractivity (Wildman–Crippen MR) is 107 cm³/mol. The van der Waals surface area contributed by atoms with Crippen molar-refractivity contribution in [2.75, 3.05) is 42.3 Å². The molecule has 0 atom stereocenters. The number of rotatable bonds is 6. The number of benzene rings is 2. The van der Waals surface area contributed by atoms with Gasteiger partial charge in [-0.3, -0.25) is 9.52 Å². The van der Waals surface area contributed by atoms with E-state index in [0.717, 1.165) is 38.4 Å². The number of primary amides is 1. The first-order valence-corrected chi connectivity index (χ1v) is 10.4. The van der Waals surface area contributed by atoms with E-state index in [1.54, 1.807) is 12.1 Å². The fourth-order valence-electron chi connectivity index (χ4n) is 3.14. The molecule has 0 radical (unpaired) electrons. The number of nitrogens with two attached hydrogens (primary N) is 1. The minimum absolute atomic E-state index is 0.0816. The predicted octanol–water partition coefficient (Wildman–Crippen LogP) is 1.73. The summed E-state index contributed by atoms with van der Waals surface area (Å²) >= 11 is 0. The van der Waals surface area contributed by atoms with Crippen LogP contribution in [-0.2, 0) is 10.0 Å². The number of carbonyl (C=O) groups is 1. The Kier molecular flexibility index (Phi) is 5.67. The summed E-state index contributed by atoms with van der Waals surface area (Å²) in [6, 6.07) is 13.0. The van der Waals surface area contributed by atoms with E-state index in [4.69, 9.17) is 5.73 Å². The summed E-state index contributed by atoms with van der Waals surface area (Å²) in [7, 11) is -3.77. The molecule has 1 fully saturated rings. The van der Waals surface area contributed by atoms with Crippen LogP contribution >= 0.6 is 0 Å². The van der Waals surface area contributed by atoms with Crippen LogP contribution in [0.1, 0.15) is 17.3 Å². The van der Waals surface area contributed by atoms with E-state index < -0.39 is 15.9 Å². The van der Waals surface area contributed by atoms with Gasteiger partial charge in [-0.2, -0.15) is 0 Å². The molecule has 8 heteroatoms. The van der Waals surface area contributed by atoms with Crippen molar-refractivity contribution in [3.05, 3.63) is 54.1 Å². The van der Waals surface area contributed by atoms with Crippen LogP contribution in [0.4, 0.5) is 11.4 Å². The van der Waals surface area contributed by atoms with Crippen molar-refractivity contribution in [1.29, 1.82) is 0 Å². The van der Waals surface area contributed by atoms with Crippen LogP contribution in [0.25, 0.3) is 0 Å². The zero-order chi connectivity index (χ0) is 19.4. The zero-order valence-corrected chi connectivity index (χ0v) is 16.1. The lowest BCUT2D eigenvalue weighted by Gasteiger charge is -2.36. The first-order valence-electron chi connectivity index (χ1n) is 8.89. The molecule has 2 aromatic rings. The fourth-order valence-corrected chi connectivity index (χ4v) is 4.22. The maximum atomic E-state index is 12.8. The number of amides is 1. The molecule has 1 amide bonds. The number of piperazine rings is 1. The lowest BCUT2D eigenvalue weighted by Crippen LogP contribution is -2.46. The SMILES string of the molecule is CCN1CCN(c2ccccc2NS(=O)(=O)c2ccc(C(N)=O)cc2)CC1. The summed E-state index contributed by atoms with van der Waals surface area (Å²) in [6.45, 7) is 6.75. The molecule has 1 heterocycles. The quantitative estimate of drug-likeness (QED) is 0.786. The first kappa shape index (κ1) is 19.2. The van der Waals surface area contributed by atoms with E-state index in [2.05, 4.69) is 21.4 Å². The highest BCUT2D eigenvalue weighted by molar-refractivity contribution is 7.92. The van der Waals surface area contributed by atoms with Crippen LogP contribution in [0.2, 0.25) is 0 Å². The highest BCUT2D eigenvalue weighted by atomic mass is 32.2. The van der Waals surface area contributed by atoms with Crippen LogP contribution in [0.5, 0.6) is 0 Å².